The van der Waals surface area contributed by atoms with Crippen molar-refractivity contribution in [1.29, 1.82) is 0 Å². The van der Waals surface area contributed by atoms with Gasteiger partial charge in [-0.05, 0) is 57.6 Å². The third kappa shape index (κ3) is 3.57. The zero-order chi connectivity index (χ0) is 17.4. The summed E-state index contributed by atoms with van der Waals surface area (Å²) in [7, 11) is 2.18. The second-order valence-corrected chi connectivity index (χ2v) is 8.68. The minimum absolute atomic E-state index is 0.212. The maximum atomic E-state index is 13.3. The molecule has 0 N–H and O–H groups in total. The SMILES string of the molecule is Cc1nc(SC2CCN(C)CC2)c2c(-c3ccc(F)cc3)csc2n1. The van der Waals surface area contributed by atoms with Gasteiger partial charge in [0.25, 0.3) is 0 Å². The summed E-state index contributed by atoms with van der Waals surface area (Å²) in [4.78, 5) is 12.8. The van der Waals surface area contributed by atoms with E-state index in [-0.39, 0.29) is 5.82 Å². The van der Waals surface area contributed by atoms with Gasteiger partial charge in [0.15, 0.2) is 0 Å². The lowest BCUT2D eigenvalue weighted by molar-refractivity contribution is 0.282. The third-order valence-electron chi connectivity index (χ3n) is 4.61. The zero-order valence-electron chi connectivity index (χ0n) is 14.3. The number of hydrogen-bond acceptors (Lipinski definition) is 5. The Bertz CT molecular complexity index is 884. The smallest absolute Gasteiger partial charge is 0.128 e. The number of likely N-dealkylation sites (tertiary alicyclic amines) is 1. The first kappa shape index (κ1) is 16.9. The molecule has 1 fully saturated rings. The Hall–Kier alpha value is -1.50. The number of fused-ring (bicyclic) bond motifs is 1. The molecule has 2 aromatic heterocycles. The first-order valence-corrected chi connectivity index (χ1v) is 10.2. The Balaban J connectivity index is 1.74. The number of nitrogens with zero attached hydrogens (tertiary/aromatic N) is 3. The molecule has 1 saturated heterocycles. The van der Waals surface area contributed by atoms with E-state index in [1.807, 2.05) is 30.8 Å². The first-order valence-electron chi connectivity index (χ1n) is 8.47. The monoisotopic (exact) mass is 373 g/mol. The quantitative estimate of drug-likeness (QED) is 0.605. The molecule has 6 heteroatoms. The summed E-state index contributed by atoms with van der Waals surface area (Å²) in [5, 5.41) is 4.89. The second-order valence-electron chi connectivity index (χ2n) is 6.53. The van der Waals surface area contributed by atoms with E-state index in [0.717, 1.165) is 45.3 Å². The summed E-state index contributed by atoms with van der Waals surface area (Å²) in [5.74, 6) is 0.603. The van der Waals surface area contributed by atoms with Crippen molar-refractivity contribution in [2.24, 2.45) is 0 Å². The number of hydrogen-bond donors (Lipinski definition) is 0. The van der Waals surface area contributed by atoms with Gasteiger partial charge >= 0.3 is 0 Å². The molecule has 3 aromatic rings. The van der Waals surface area contributed by atoms with Crippen LogP contribution in [0.5, 0.6) is 0 Å². The number of rotatable bonds is 3. The van der Waals surface area contributed by atoms with Crippen molar-refractivity contribution in [3.8, 4) is 11.1 Å². The van der Waals surface area contributed by atoms with Crippen LogP contribution in [0.4, 0.5) is 4.39 Å². The van der Waals surface area contributed by atoms with Gasteiger partial charge in [-0.15, -0.1) is 23.1 Å². The molecule has 0 saturated carbocycles. The molecule has 0 radical (unpaired) electrons. The second kappa shape index (κ2) is 7.02. The molecule has 0 atom stereocenters. The average molecular weight is 374 g/mol. The van der Waals surface area contributed by atoms with Crippen molar-refractivity contribution >= 4 is 33.3 Å². The topological polar surface area (TPSA) is 29.0 Å². The van der Waals surface area contributed by atoms with Crippen molar-refractivity contribution in [2.75, 3.05) is 20.1 Å². The fourth-order valence-electron chi connectivity index (χ4n) is 3.20. The largest absolute Gasteiger partial charge is 0.306 e. The van der Waals surface area contributed by atoms with Crippen LogP contribution >= 0.6 is 23.1 Å². The van der Waals surface area contributed by atoms with Crippen molar-refractivity contribution in [2.45, 2.75) is 30.0 Å². The lowest BCUT2D eigenvalue weighted by Crippen LogP contribution is -2.31. The van der Waals surface area contributed by atoms with E-state index in [9.17, 15) is 4.39 Å². The lowest BCUT2D eigenvalue weighted by atomic mass is 10.1. The van der Waals surface area contributed by atoms with E-state index >= 15 is 0 Å². The molecule has 0 bridgehead atoms. The molecule has 1 aliphatic heterocycles. The number of thiophene rings is 1. The molecule has 1 aliphatic rings. The van der Waals surface area contributed by atoms with Crippen LogP contribution in [-0.4, -0.2) is 40.3 Å². The van der Waals surface area contributed by atoms with Crippen molar-refractivity contribution in [1.82, 2.24) is 14.9 Å². The highest BCUT2D eigenvalue weighted by molar-refractivity contribution is 8.00. The van der Waals surface area contributed by atoms with Crippen molar-refractivity contribution in [3.63, 3.8) is 0 Å². The van der Waals surface area contributed by atoms with Crippen LogP contribution < -0.4 is 0 Å². The summed E-state index contributed by atoms with van der Waals surface area (Å²) < 4.78 is 13.3. The Morgan fingerprint density at radius 2 is 1.88 bits per heavy atom. The average Bonchev–Trinajstić information content (AvgIpc) is 3.01. The Morgan fingerprint density at radius 3 is 2.60 bits per heavy atom. The van der Waals surface area contributed by atoms with Crippen LogP contribution in [0, 0.1) is 12.7 Å². The van der Waals surface area contributed by atoms with Gasteiger partial charge in [0.1, 0.15) is 21.5 Å². The summed E-state index contributed by atoms with van der Waals surface area (Å²) >= 11 is 3.52. The molecule has 0 spiro atoms. The molecule has 3 heterocycles. The molecule has 25 heavy (non-hydrogen) atoms. The van der Waals surface area contributed by atoms with Gasteiger partial charge in [-0.2, -0.15) is 0 Å². The number of aromatic nitrogens is 2. The predicted molar refractivity (Wildman–Crippen MR) is 104 cm³/mol. The van der Waals surface area contributed by atoms with Crippen LogP contribution in [0.25, 0.3) is 21.3 Å². The van der Waals surface area contributed by atoms with Crippen LogP contribution in [0.15, 0.2) is 34.7 Å². The summed E-state index contributed by atoms with van der Waals surface area (Å²) in [5.41, 5.74) is 2.13. The van der Waals surface area contributed by atoms with Gasteiger partial charge in [0.2, 0.25) is 0 Å². The number of benzene rings is 1. The normalized spacial score (nSPS) is 16.6. The molecular formula is C19H20FN3S2. The fourth-order valence-corrected chi connectivity index (χ4v) is 5.53. The summed E-state index contributed by atoms with van der Waals surface area (Å²) in [6.45, 7) is 4.23. The van der Waals surface area contributed by atoms with Crippen LogP contribution in [-0.2, 0) is 0 Å². The van der Waals surface area contributed by atoms with Crippen molar-refractivity contribution < 1.29 is 4.39 Å². The number of halogens is 1. The highest BCUT2D eigenvalue weighted by atomic mass is 32.2. The van der Waals surface area contributed by atoms with E-state index in [2.05, 4.69) is 22.3 Å². The summed E-state index contributed by atoms with van der Waals surface area (Å²) in [6, 6.07) is 6.69. The molecule has 1 aromatic carbocycles. The minimum Gasteiger partial charge on any atom is -0.306 e. The number of piperidine rings is 1. The minimum atomic E-state index is -0.212. The number of aryl methyl sites for hydroxylation is 1. The third-order valence-corrected chi connectivity index (χ3v) is 6.81. The molecule has 0 aliphatic carbocycles. The maximum absolute atomic E-state index is 13.3. The van der Waals surface area contributed by atoms with Gasteiger partial charge in [0, 0.05) is 16.2 Å². The Kier molecular flexibility index (Phi) is 4.75. The molecule has 0 unspecified atom stereocenters. The van der Waals surface area contributed by atoms with E-state index in [1.165, 1.54) is 25.0 Å². The van der Waals surface area contributed by atoms with Crippen LogP contribution in [0.1, 0.15) is 18.7 Å². The Morgan fingerprint density at radius 1 is 1.16 bits per heavy atom. The van der Waals surface area contributed by atoms with E-state index < -0.39 is 0 Å². The Labute approximate surface area is 155 Å². The zero-order valence-corrected chi connectivity index (χ0v) is 16.0. The number of thioether (sulfide) groups is 1. The van der Waals surface area contributed by atoms with Gasteiger partial charge in [-0.3, -0.25) is 0 Å². The lowest BCUT2D eigenvalue weighted by Gasteiger charge is -2.28. The summed E-state index contributed by atoms with van der Waals surface area (Å²) in [6.07, 6.45) is 2.36. The van der Waals surface area contributed by atoms with Gasteiger partial charge in [0.05, 0.1) is 5.39 Å². The maximum Gasteiger partial charge on any atom is 0.128 e. The molecule has 3 nitrogen and oxygen atoms in total. The first-order chi connectivity index (χ1) is 12.1. The fraction of sp³-hybridized carbons (Fsp3) is 0.368. The highest BCUT2D eigenvalue weighted by Gasteiger charge is 2.22. The van der Waals surface area contributed by atoms with Crippen LogP contribution in [0.2, 0.25) is 0 Å². The standard InChI is InChI=1S/C19H20FN3S2/c1-12-21-18-17(16(11-24-18)13-3-5-14(20)6-4-13)19(22-12)25-15-7-9-23(2)10-8-15/h3-6,11,15H,7-10H2,1-2H3. The molecule has 4 rings (SSSR count). The van der Waals surface area contributed by atoms with E-state index in [0.29, 0.717) is 5.25 Å². The van der Waals surface area contributed by atoms with Gasteiger partial charge < -0.3 is 4.90 Å². The molecule has 0 amide bonds. The van der Waals surface area contributed by atoms with E-state index in [1.54, 1.807) is 11.3 Å². The van der Waals surface area contributed by atoms with Gasteiger partial charge in [-0.25, -0.2) is 14.4 Å². The predicted octanol–water partition coefficient (Wildman–Crippen LogP) is 4.99. The highest BCUT2D eigenvalue weighted by Crippen LogP contribution is 2.40. The van der Waals surface area contributed by atoms with E-state index in [4.69, 9.17) is 4.98 Å². The van der Waals surface area contributed by atoms with Crippen molar-refractivity contribution in [3.05, 3.63) is 41.3 Å². The molecule has 130 valence electrons. The van der Waals surface area contributed by atoms with Crippen LogP contribution in [0.3, 0.4) is 0 Å². The van der Waals surface area contributed by atoms with Gasteiger partial charge in [-0.1, -0.05) is 12.1 Å². The molecular weight excluding hydrogens is 353 g/mol.